The van der Waals surface area contributed by atoms with E-state index in [4.69, 9.17) is 0 Å². The van der Waals surface area contributed by atoms with Crippen molar-refractivity contribution in [1.82, 2.24) is 19.4 Å². The number of amides is 1. The highest BCUT2D eigenvalue weighted by Gasteiger charge is 2.25. The summed E-state index contributed by atoms with van der Waals surface area (Å²) >= 11 is 0. The quantitative estimate of drug-likeness (QED) is 0.749. The Morgan fingerprint density at radius 2 is 2.11 bits per heavy atom. The van der Waals surface area contributed by atoms with Crippen LogP contribution in [0.25, 0.3) is 10.9 Å². The zero-order chi connectivity index (χ0) is 18.8. The zero-order valence-electron chi connectivity index (χ0n) is 16.2. The monoisotopic (exact) mass is 364 g/mol. The molecule has 1 aliphatic rings. The number of rotatable bonds is 5. The van der Waals surface area contributed by atoms with Crippen LogP contribution in [0.1, 0.15) is 48.9 Å². The number of aromatic amines is 1. The molecule has 1 N–H and O–H groups in total. The molecule has 27 heavy (non-hydrogen) atoms. The molecule has 1 fully saturated rings. The van der Waals surface area contributed by atoms with E-state index >= 15 is 0 Å². The van der Waals surface area contributed by atoms with Crippen LogP contribution in [0.15, 0.2) is 36.9 Å². The largest absolute Gasteiger partial charge is 0.361 e. The summed E-state index contributed by atoms with van der Waals surface area (Å²) in [6.07, 6.45) is 10.3. The lowest BCUT2D eigenvalue weighted by atomic mass is 9.88. The van der Waals surface area contributed by atoms with E-state index in [9.17, 15) is 4.79 Å². The number of para-hydroxylation sites is 1. The minimum atomic E-state index is 0.266. The number of carbonyl (C=O) groups is 1. The molecule has 1 amide bonds. The van der Waals surface area contributed by atoms with Crippen LogP contribution in [-0.2, 0) is 24.7 Å². The topological polar surface area (TPSA) is 53.9 Å². The SMILES string of the molecule is CCc1cccc2c(C3CCN(C(=O)CCc4cncn4C)CC3)c[nH]c12. The van der Waals surface area contributed by atoms with E-state index in [-0.39, 0.29) is 5.91 Å². The van der Waals surface area contributed by atoms with Gasteiger partial charge >= 0.3 is 0 Å². The van der Waals surface area contributed by atoms with Gasteiger partial charge in [-0.3, -0.25) is 4.79 Å². The molecule has 0 bridgehead atoms. The molecule has 0 aliphatic carbocycles. The maximum absolute atomic E-state index is 12.6. The summed E-state index contributed by atoms with van der Waals surface area (Å²) in [7, 11) is 1.98. The molecule has 0 saturated carbocycles. The smallest absolute Gasteiger partial charge is 0.222 e. The Balaban J connectivity index is 1.38. The lowest BCUT2D eigenvalue weighted by molar-refractivity contribution is -0.132. The minimum Gasteiger partial charge on any atom is -0.361 e. The molecule has 1 aliphatic heterocycles. The van der Waals surface area contributed by atoms with Crippen molar-refractivity contribution < 1.29 is 4.79 Å². The number of nitrogens with one attached hydrogen (secondary N) is 1. The molecule has 3 aromatic rings. The van der Waals surface area contributed by atoms with Crippen molar-refractivity contribution in [3.8, 4) is 0 Å². The van der Waals surface area contributed by atoms with Crippen molar-refractivity contribution in [2.45, 2.75) is 44.9 Å². The van der Waals surface area contributed by atoms with Gasteiger partial charge in [-0.2, -0.15) is 0 Å². The number of aromatic nitrogens is 3. The van der Waals surface area contributed by atoms with Crippen LogP contribution in [0.2, 0.25) is 0 Å². The van der Waals surface area contributed by atoms with Gasteiger partial charge in [0.15, 0.2) is 0 Å². The van der Waals surface area contributed by atoms with Gasteiger partial charge in [0, 0.05) is 55.5 Å². The number of piperidine rings is 1. The first-order chi connectivity index (χ1) is 13.2. The fraction of sp³-hybridized carbons (Fsp3) is 0.455. The number of hydrogen-bond acceptors (Lipinski definition) is 2. The van der Waals surface area contributed by atoms with Crippen LogP contribution in [-0.4, -0.2) is 38.4 Å². The maximum Gasteiger partial charge on any atom is 0.222 e. The Hall–Kier alpha value is -2.56. The standard InChI is InChI=1S/C22H28N4O/c1-3-16-5-4-6-19-20(14-24-22(16)19)17-9-11-26(12-10-17)21(27)8-7-18-13-23-15-25(18)2/h4-6,13-15,17,24H,3,7-12H2,1-2H3. The van der Waals surface area contributed by atoms with Crippen LogP contribution in [0.3, 0.4) is 0 Å². The van der Waals surface area contributed by atoms with Crippen LogP contribution in [0, 0.1) is 0 Å². The predicted molar refractivity (Wildman–Crippen MR) is 108 cm³/mol. The molecule has 0 spiro atoms. The molecule has 5 heteroatoms. The molecule has 0 radical (unpaired) electrons. The van der Waals surface area contributed by atoms with E-state index in [0.29, 0.717) is 12.3 Å². The van der Waals surface area contributed by atoms with Gasteiger partial charge in [0.05, 0.1) is 6.33 Å². The zero-order valence-corrected chi connectivity index (χ0v) is 16.2. The molecular formula is C22H28N4O. The summed E-state index contributed by atoms with van der Waals surface area (Å²) in [6.45, 7) is 3.91. The van der Waals surface area contributed by atoms with Crippen LogP contribution in [0.4, 0.5) is 0 Å². The summed E-state index contributed by atoms with van der Waals surface area (Å²) in [5.74, 6) is 0.800. The first-order valence-electron chi connectivity index (χ1n) is 9.99. The Morgan fingerprint density at radius 3 is 2.81 bits per heavy atom. The van der Waals surface area contributed by atoms with Gasteiger partial charge in [0.2, 0.25) is 5.91 Å². The van der Waals surface area contributed by atoms with Crippen molar-refractivity contribution in [3.05, 3.63) is 53.7 Å². The van der Waals surface area contributed by atoms with Gasteiger partial charge in [0.25, 0.3) is 0 Å². The molecule has 5 nitrogen and oxygen atoms in total. The van der Waals surface area contributed by atoms with E-state index < -0.39 is 0 Å². The van der Waals surface area contributed by atoms with Gasteiger partial charge in [-0.05, 0) is 42.7 Å². The fourth-order valence-corrected chi connectivity index (χ4v) is 4.33. The lowest BCUT2D eigenvalue weighted by Gasteiger charge is -2.32. The van der Waals surface area contributed by atoms with E-state index in [1.165, 1.54) is 22.0 Å². The van der Waals surface area contributed by atoms with Crippen molar-refractivity contribution in [2.75, 3.05) is 13.1 Å². The van der Waals surface area contributed by atoms with Gasteiger partial charge in [-0.1, -0.05) is 25.1 Å². The van der Waals surface area contributed by atoms with Crippen molar-refractivity contribution in [3.63, 3.8) is 0 Å². The number of benzene rings is 1. The van der Waals surface area contributed by atoms with Crippen molar-refractivity contribution >= 4 is 16.8 Å². The van der Waals surface area contributed by atoms with Crippen molar-refractivity contribution in [2.24, 2.45) is 7.05 Å². The summed E-state index contributed by atoms with van der Waals surface area (Å²) in [5, 5.41) is 1.36. The minimum absolute atomic E-state index is 0.266. The summed E-state index contributed by atoms with van der Waals surface area (Å²) in [4.78, 5) is 22.2. The van der Waals surface area contributed by atoms with E-state index in [0.717, 1.165) is 44.5 Å². The summed E-state index contributed by atoms with van der Waals surface area (Å²) in [5.41, 5.74) is 5.19. The molecule has 142 valence electrons. The Labute approximate surface area is 160 Å². The van der Waals surface area contributed by atoms with Gasteiger partial charge < -0.3 is 14.5 Å². The second kappa shape index (κ2) is 7.59. The third kappa shape index (κ3) is 3.51. The highest BCUT2D eigenvalue weighted by molar-refractivity contribution is 5.86. The molecule has 2 aromatic heterocycles. The third-order valence-electron chi connectivity index (χ3n) is 6.01. The predicted octanol–water partition coefficient (Wildman–Crippen LogP) is 3.80. The maximum atomic E-state index is 12.6. The molecule has 0 unspecified atom stereocenters. The number of H-pyrrole nitrogens is 1. The first kappa shape index (κ1) is 17.8. The number of fused-ring (bicyclic) bond motifs is 1. The molecule has 1 saturated heterocycles. The number of likely N-dealkylation sites (tertiary alicyclic amines) is 1. The molecule has 0 atom stereocenters. The third-order valence-corrected chi connectivity index (χ3v) is 6.01. The van der Waals surface area contributed by atoms with E-state index in [1.54, 1.807) is 6.33 Å². The molecule has 3 heterocycles. The second-order valence-electron chi connectivity index (χ2n) is 7.59. The molecule has 1 aromatic carbocycles. The lowest BCUT2D eigenvalue weighted by Crippen LogP contribution is -2.38. The van der Waals surface area contributed by atoms with Crippen LogP contribution < -0.4 is 0 Å². The van der Waals surface area contributed by atoms with Gasteiger partial charge in [0.1, 0.15) is 0 Å². The number of carbonyl (C=O) groups excluding carboxylic acids is 1. The van der Waals surface area contributed by atoms with Gasteiger partial charge in [-0.15, -0.1) is 0 Å². The fourth-order valence-electron chi connectivity index (χ4n) is 4.33. The van der Waals surface area contributed by atoms with Crippen LogP contribution >= 0.6 is 0 Å². The normalized spacial score (nSPS) is 15.6. The summed E-state index contributed by atoms with van der Waals surface area (Å²) in [6, 6.07) is 6.59. The Bertz CT molecular complexity index is 931. The summed E-state index contributed by atoms with van der Waals surface area (Å²) < 4.78 is 1.99. The Morgan fingerprint density at radius 1 is 1.30 bits per heavy atom. The molecular weight excluding hydrogens is 336 g/mol. The first-order valence-corrected chi connectivity index (χ1v) is 9.99. The second-order valence-corrected chi connectivity index (χ2v) is 7.59. The number of aryl methyl sites for hydroxylation is 3. The highest BCUT2D eigenvalue weighted by atomic mass is 16.2. The number of hydrogen-bond donors (Lipinski definition) is 1. The average Bonchev–Trinajstić information content (AvgIpc) is 3.32. The highest BCUT2D eigenvalue weighted by Crippen LogP contribution is 2.34. The van der Waals surface area contributed by atoms with Crippen molar-refractivity contribution in [1.29, 1.82) is 0 Å². The number of imidazole rings is 1. The van der Waals surface area contributed by atoms with Crippen LogP contribution in [0.5, 0.6) is 0 Å². The van der Waals surface area contributed by atoms with Gasteiger partial charge in [-0.25, -0.2) is 4.98 Å². The van der Waals surface area contributed by atoms with E-state index in [2.05, 4.69) is 41.3 Å². The van der Waals surface area contributed by atoms with E-state index in [1.807, 2.05) is 22.7 Å². The Kier molecular flexibility index (Phi) is 5.01. The molecule has 4 rings (SSSR count). The average molecular weight is 364 g/mol. The number of nitrogens with zero attached hydrogens (tertiary/aromatic N) is 3.